The molecule has 0 bridgehead atoms. The van der Waals surface area contributed by atoms with Gasteiger partial charge in [-0.2, -0.15) is 5.10 Å². The Labute approximate surface area is 174 Å². The van der Waals surface area contributed by atoms with Gasteiger partial charge in [0.25, 0.3) is 5.91 Å². The number of anilines is 1. The number of carbonyl (C=O) groups is 2. The second kappa shape index (κ2) is 9.91. The highest BCUT2D eigenvalue weighted by Crippen LogP contribution is 2.20. The van der Waals surface area contributed by atoms with Crippen molar-refractivity contribution in [3.05, 3.63) is 82.5 Å². The molecule has 0 saturated carbocycles. The van der Waals surface area contributed by atoms with Gasteiger partial charge < -0.3 is 9.73 Å². The number of hydrazone groups is 1. The van der Waals surface area contributed by atoms with E-state index in [1.165, 1.54) is 18.0 Å². The van der Waals surface area contributed by atoms with Crippen molar-refractivity contribution in [3.63, 3.8) is 0 Å². The number of rotatable bonds is 7. The molecule has 0 aliphatic carbocycles. The van der Waals surface area contributed by atoms with Crippen LogP contribution in [-0.2, 0) is 4.79 Å². The van der Waals surface area contributed by atoms with Crippen LogP contribution in [0.15, 0.2) is 85.8 Å². The number of carbonyl (C=O) groups excluding carboxylic acids is 2. The van der Waals surface area contributed by atoms with Crippen LogP contribution in [0.1, 0.15) is 16.1 Å². The van der Waals surface area contributed by atoms with Gasteiger partial charge >= 0.3 is 0 Å². The highest BCUT2D eigenvalue weighted by molar-refractivity contribution is 9.10. The highest BCUT2D eigenvalue weighted by Gasteiger charge is 2.07. The maximum absolute atomic E-state index is 12.0. The Morgan fingerprint density at radius 1 is 1.07 bits per heavy atom. The van der Waals surface area contributed by atoms with Gasteiger partial charge in [0.05, 0.1) is 12.0 Å². The zero-order chi connectivity index (χ0) is 19.8. The molecule has 0 radical (unpaired) electrons. The minimum Gasteiger partial charge on any atom is -0.449 e. The monoisotopic (exact) mass is 457 g/mol. The maximum atomic E-state index is 12.0. The lowest BCUT2D eigenvalue weighted by Gasteiger charge is -2.03. The van der Waals surface area contributed by atoms with Crippen molar-refractivity contribution in [1.82, 2.24) is 5.43 Å². The van der Waals surface area contributed by atoms with E-state index in [-0.39, 0.29) is 17.6 Å². The topological polar surface area (TPSA) is 83.7 Å². The molecule has 0 fully saturated rings. The standard InChI is InChI=1S/C20H16BrN3O3S/c21-15-6-4-5-14(11-15)20(26)24-22-12-17-9-10-19(27-17)28-13-18(25)23-16-7-2-1-3-8-16/h1-12H,13H2,(H,23,25)(H,24,26)/b22-12-. The van der Waals surface area contributed by atoms with Crippen molar-refractivity contribution in [1.29, 1.82) is 0 Å². The van der Waals surface area contributed by atoms with Crippen LogP contribution in [0, 0.1) is 0 Å². The summed E-state index contributed by atoms with van der Waals surface area (Å²) >= 11 is 4.59. The third-order valence-electron chi connectivity index (χ3n) is 3.45. The number of nitrogens with one attached hydrogen (secondary N) is 2. The van der Waals surface area contributed by atoms with Crippen LogP contribution in [0.2, 0.25) is 0 Å². The third-order valence-corrected chi connectivity index (χ3v) is 4.85. The molecule has 2 aromatic carbocycles. The Morgan fingerprint density at radius 2 is 1.89 bits per heavy atom. The normalized spacial score (nSPS) is 10.8. The molecule has 1 heterocycles. The summed E-state index contributed by atoms with van der Waals surface area (Å²) in [5.74, 6) is 0.249. The molecule has 1 aromatic heterocycles. The molecule has 0 saturated heterocycles. The lowest BCUT2D eigenvalue weighted by atomic mass is 10.2. The average Bonchev–Trinajstić information content (AvgIpc) is 3.15. The highest BCUT2D eigenvalue weighted by atomic mass is 79.9. The molecule has 28 heavy (non-hydrogen) atoms. The van der Waals surface area contributed by atoms with E-state index in [0.717, 1.165) is 10.2 Å². The molecular weight excluding hydrogens is 442 g/mol. The number of halogens is 1. The van der Waals surface area contributed by atoms with Crippen molar-refractivity contribution in [2.45, 2.75) is 5.09 Å². The van der Waals surface area contributed by atoms with Crippen LogP contribution in [0.3, 0.4) is 0 Å². The Balaban J connectivity index is 1.46. The molecule has 2 N–H and O–H groups in total. The van der Waals surface area contributed by atoms with Crippen molar-refractivity contribution < 1.29 is 14.0 Å². The van der Waals surface area contributed by atoms with E-state index in [9.17, 15) is 9.59 Å². The lowest BCUT2D eigenvalue weighted by molar-refractivity contribution is -0.113. The summed E-state index contributed by atoms with van der Waals surface area (Å²) < 4.78 is 6.38. The fourth-order valence-electron chi connectivity index (χ4n) is 2.19. The van der Waals surface area contributed by atoms with Gasteiger partial charge in [-0.15, -0.1) is 0 Å². The molecule has 0 atom stereocenters. The van der Waals surface area contributed by atoms with Crippen LogP contribution >= 0.6 is 27.7 Å². The molecule has 3 rings (SSSR count). The van der Waals surface area contributed by atoms with Gasteiger partial charge in [-0.1, -0.05) is 52.0 Å². The molecule has 0 unspecified atom stereocenters. The largest absolute Gasteiger partial charge is 0.449 e. The summed E-state index contributed by atoms with van der Waals surface area (Å²) in [6.45, 7) is 0. The van der Waals surface area contributed by atoms with E-state index in [1.54, 1.807) is 30.3 Å². The van der Waals surface area contributed by atoms with Gasteiger partial charge in [-0.05, 0) is 42.5 Å². The quantitative estimate of drug-likeness (QED) is 0.310. The van der Waals surface area contributed by atoms with Crippen LogP contribution in [-0.4, -0.2) is 23.8 Å². The van der Waals surface area contributed by atoms with Gasteiger partial charge in [-0.25, -0.2) is 5.43 Å². The van der Waals surface area contributed by atoms with E-state index in [0.29, 0.717) is 16.4 Å². The SMILES string of the molecule is O=C(CSc1ccc(/C=N\NC(=O)c2cccc(Br)c2)o1)Nc1ccccc1. The summed E-state index contributed by atoms with van der Waals surface area (Å²) in [6.07, 6.45) is 1.41. The number of hydrogen-bond acceptors (Lipinski definition) is 5. The molecule has 6 nitrogen and oxygen atoms in total. The summed E-state index contributed by atoms with van der Waals surface area (Å²) in [5.41, 5.74) is 3.68. The number of hydrogen-bond donors (Lipinski definition) is 2. The predicted octanol–water partition coefficient (Wildman–Crippen LogP) is 4.54. The zero-order valence-corrected chi connectivity index (χ0v) is 17.0. The minimum absolute atomic E-state index is 0.121. The van der Waals surface area contributed by atoms with E-state index in [2.05, 4.69) is 31.8 Å². The van der Waals surface area contributed by atoms with Crippen LogP contribution in [0.4, 0.5) is 5.69 Å². The molecule has 3 aromatic rings. The van der Waals surface area contributed by atoms with Crippen molar-refractivity contribution in [3.8, 4) is 0 Å². The summed E-state index contributed by atoms with van der Waals surface area (Å²) in [6, 6.07) is 19.7. The van der Waals surface area contributed by atoms with Gasteiger partial charge in [0.1, 0.15) is 5.76 Å². The Hall–Kier alpha value is -2.84. The van der Waals surface area contributed by atoms with Gasteiger partial charge in [-0.3, -0.25) is 9.59 Å². The summed E-state index contributed by atoms with van der Waals surface area (Å²) in [7, 11) is 0. The first kappa shape index (κ1) is 19.9. The second-order valence-corrected chi connectivity index (χ2v) is 7.46. The maximum Gasteiger partial charge on any atom is 0.271 e. The fourth-order valence-corrected chi connectivity index (χ4v) is 3.25. The first-order valence-electron chi connectivity index (χ1n) is 8.27. The number of furan rings is 1. The first-order chi connectivity index (χ1) is 13.6. The number of nitrogens with zero attached hydrogens (tertiary/aromatic N) is 1. The lowest BCUT2D eigenvalue weighted by Crippen LogP contribution is -2.17. The van der Waals surface area contributed by atoms with Crippen LogP contribution in [0.25, 0.3) is 0 Å². The molecule has 0 aliphatic rings. The second-order valence-electron chi connectivity index (χ2n) is 5.57. The number of amides is 2. The van der Waals surface area contributed by atoms with E-state index >= 15 is 0 Å². The molecule has 2 amide bonds. The number of para-hydroxylation sites is 1. The van der Waals surface area contributed by atoms with Crippen molar-refractivity contribution >= 4 is 51.4 Å². The summed E-state index contributed by atoms with van der Waals surface area (Å²) in [5, 5.41) is 7.28. The fraction of sp³-hybridized carbons (Fsp3) is 0.0500. The van der Waals surface area contributed by atoms with Crippen LogP contribution < -0.4 is 10.7 Å². The van der Waals surface area contributed by atoms with Crippen LogP contribution in [0.5, 0.6) is 0 Å². The van der Waals surface area contributed by atoms with E-state index < -0.39 is 0 Å². The number of benzene rings is 2. The smallest absolute Gasteiger partial charge is 0.271 e. The zero-order valence-electron chi connectivity index (χ0n) is 14.6. The molecular formula is C20H16BrN3O3S. The summed E-state index contributed by atoms with van der Waals surface area (Å²) in [4.78, 5) is 23.9. The van der Waals surface area contributed by atoms with E-state index in [1.807, 2.05) is 36.4 Å². The third kappa shape index (κ3) is 6.11. The molecule has 142 valence electrons. The molecule has 0 aliphatic heterocycles. The van der Waals surface area contributed by atoms with Crippen molar-refractivity contribution in [2.75, 3.05) is 11.1 Å². The van der Waals surface area contributed by atoms with E-state index in [4.69, 9.17) is 4.42 Å². The molecule has 0 spiro atoms. The van der Waals surface area contributed by atoms with Gasteiger partial charge in [0.2, 0.25) is 5.91 Å². The Bertz CT molecular complexity index is 989. The van der Waals surface area contributed by atoms with Gasteiger partial charge in [0.15, 0.2) is 5.09 Å². The molecule has 8 heteroatoms. The first-order valence-corrected chi connectivity index (χ1v) is 10.0. The Kier molecular flexibility index (Phi) is 7.05. The minimum atomic E-state index is -0.323. The van der Waals surface area contributed by atoms with Gasteiger partial charge in [0, 0.05) is 15.7 Å². The Morgan fingerprint density at radius 3 is 2.68 bits per heavy atom. The average molecular weight is 458 g/mol. The van der Waals surface area contributed by atoms with Crippen molar-refractivity contribution in [2.24, 2.45) is 5.10 Å². The number of thioether (sulfide) groups is 1. The predicted molar refractivity (Wildman–Crippen MR) is 114 cm³/mol.